The minimum absolute atomic E-state index is 0.305. The summed E-state index contributed by atoms with van der Waals surface area (Å²) in [5.74, 6) is -7.97. The number of hydrogen-bond donors (Lipinski definition) is 4. The van der Waals surface area contributed by atoms with Crippen molar-refractivity contribution in [3.8, 4) is 0 Å². The Hall–Kier alpha value is -3.49. The smallest absolute Gasteiger partial charge is 0.475 e. The van der Waals surface area contributed by atoms with Crippen molar-refractivity contribution < 1.29 is 74.0 Å². The molecule has 3 rings (SSSR count). The summed E-state index contributed by atoms with van der Waals surface area (Å²) >= 11 is 0. The minimum atomic E-state index is -5.08. The molecule has 2 aliphatic heterocycles. The highest BCUT2D eigenvalue weighted by Crippen LogP contribution is 2.18. The first kappa shape index (κ1) is 44.5. The van der Waals surface area contributed by atoms with Gasteiger partial charge in [0.05, 0.1) is 0 Å². The van der Waals surface area contributed by atoms with Gasteiger partial charge >= 0.3 is 36.4 Å². The van der Waals surface area contributed by atoms with E-state index in [0.29, 0.717) is 12.2 Å². The van der Waals surface area contributed by atoms with Crippen LogP contribution in [0.5, 0.6) is 0 Å². The van der Waals surface area contributed by atoms with Gasteiger partial charge < -0.3 is 30.4 Å². The highest BCUT2D eigenvalue weighted by Gasteiger charge is 2.39. The van der Waals surface area contributed by atoms with Crippen LogP contribution in [-0.4, -0.2) is 145 Å². The average Bonchev–Trinajstić information content (AvgIpc) is 3.21. The lowest BCUT2D eigenvalue weighted by Crippen LogP contribution is -2.48. The Labute approximate surface area is 270 Å². The first-order valence-corrected chi connectivity index (χ1v) is 14.3. The van der Waals surface area contributed by atoms with Gasteiger partial charge in [0.1, 0.15) is 0 Å². The van der Waals surface area contributed by atoms with E-state index >= 15 is 0 Å². The molecule has 0 atom stereocenters. The number of piperazine rings is 1. The maximum atomic E-state index is 12.6. The van der Waals surface area contributed by atoms with E-state index in [1.54, 1.807) is 0 Å². The molecule has 20 heteroatoms. The van der Waals surface area contributed by atoms with Crippen LogP contribution in [-0.2, 0) is 27.2 Å². The number of likely N-dealkylation sites (N-methyl/N-ethyl adjacent to an activating group) is 1. The Morgan fingerprint density at radius 1 is 0.708 bits per heavy atom. The number of carboxylic acids is 3. The summed E-state index contributed by atoms with van der Waals surface area (Å²) in [7, 11) is 4.27. The number of alkyl halides is 9. The first-order valence-electron chi connectivity index (χ1n) is 14.3. The lowest BCUT2D eigenvalue weighted by Gasteiger charge is -2.35. The van der Waals surface area contributed by atoms with E-state index in [9.17, 15) is 44.3 Å². The SMILES string of the molecule is CN(C)CCN1CCN(CCCC(=O)c2ccc3c(c2)CCNCC3)CC1.O=C(O)C(F)(F)F.O=C(O)C(F)(F)F.O=C(O)C(F)(F)F. The summed E-state index contributed by atoms with van der Waals surface area (Å²) in [4.78, 5) is 46.6. The third-order valence-corrected chi connectivity index (χ3v) is 6.60. The average molecular weight is 715 g/mol. The Kier molecular flexibility index (Phi) is 19.3. The zero-order chi connectivity index (χ0) is 37.3. The van der Waals surface area contributed by atoms with E-state index < -0.39 is 36.4 Å². The number of ketones is 1. The van der Waals surface area contributed by atoms with Crippen molar-refractivity contribution in [2.45, 2.75) is 44.2 Å². The number of rotatable bonds is 8. The van der Waals surface area contributed by atoms with Crippen LogP contribution < -0.4 is 5.32 Å². The van der Waals surface area contributed by atoms with Crippen LogP contribution in [0.25, 0.3) is 0 Å². The molecule has 0 saturated carbocycles. The summed E-state index contributed by atoms with van der Waals surface area (Å²) in [6.07, 6.45) is -11.5. The number of halogens is 9. The molecule has 4 N–H and O–H groups in total. The van der Waals surface area contributed by atoms with Gasteiger partial charge in [-0.25, -0.2) is 14.4 Å². The fraction of sp³-hybridized carbons (Fsp3) is 0.643. The van der Waals surface area contributed by atoms with Gasteiger partial charge in [-0.05, 0) is 70.2 Å². The molecule has 2 aliphatic rings. The van der Waals surface area contributed by atoms with E-state index in [1.807, 2.05) is 6.07 Å². The topological polar surface area (TPSA) is 151 Å². The van der Waals surface area contributed by atoms with Crippen molar-refractivity contribution in [3.05, 3.63) is 34.9 Å². The van der Waals surface area contributed by atoms with Gasteiger partial charge in [0.25, 0.3) is 0 Å². The molecule has 0 bridgehead atoms. The van der Waals surface area contributed by atoms with Crippen LogP contribution in [0, 0.1) is 0 Å². The maximum Gasteiger partial charge on any atom is 0.490 e. The van der Waals surface area contributed by atoms with Crippen molar-refractivity contribution in [2.75, 3.05) is 73.0 Å². The van der Waals surface area contributed by atoms with Gasteiger partial charge in [0, 0.05) is 51.3 Å². The molecular weight excluding hydrogens is 675 g/mol. The highest BCUT2D eigenvalue weighted by atomic mass is 19.4. The van der Waals surface area contributed by atoms with E-state index in [0.717, 1.165) is 83.7 Å². The monoisotopic (exact) mass is 714 g/mol. The van der Waals surface area contributed by atoms with E-state index in [4.69, 9.17) is 29.7 Å². The van der Waals surface area contributed by atoms with Gasteiger partial charge in [-0.3, -0.25) is 9.69 Å². The summed E-state index contributed by atoms with van der Waals surface area (Å²) in [6.45, 7) is 9.97. The number of nitrogens with one attached hydrogen (secondary N) is 1. The van der Waals surface area contributed by atoms with Crippen LogP contribution in [0.2, 0.25) is 0 Å². The zero-order valence-electron chi connectivity index (χ0n) is 26.1. The molecule has 0 spiro atoms. The quantitative estimate of drug-likeness (QED) is 0.232. The number of aliphatic carboxylic acids is 3. The van der Waals surface area contributed by atoms with Crippen molar-refractivity contribution in [2.24, 2.45) is 0 Å². The summed E-state index contributed by atoms with van der Waals surface area (Å²) in [6, 6.07) is 6.35. The Bertz CT molecular complexity index is 1110. The molecule has 11 nitrogen and oxygen atoms in total. The lowest BCUT2D eigenvalue weighted by molar-refractivity contribution is -0.193. The Morgan fingerprint density at radius 2 is 1.10 bits per heavy atom. The first-order chi connectivity index (χ1) is 21.9. The van der Waals surface area contributed by atoms with Crippen LogP contribution in [0.4, 0.5) is 39.5 Å². The number of hydrogen-bond acceptors (Lipinski definition) is 8. The minimum Gasteiger partial charge on any atom is -0.475 e. The zero-order valence-corrected chi connectivity index (χ0v) is 26.1. The highest BCUT2D eigenvalue weighted by molar-refractivity contribution is 5.96. The second kappa shape index (κ2) is 20.8. The molecule has 2 heterocycles. The number of Topliss-reactive ketones (excluding diaryl/α,β-unsaturated/α-hetero) is 1. The van der Waals surface area contributed by atoms with Gasteiger partial charge in [-0.15, -0.1) is 0 Å². The van der Waals surface area contributed by atoms with E-state index in [1.165, 1.54) is 11.1 Å². The molecule has 1 aromatic carbocycles. The normalized spacial score (nSPS) is 15.7. The molecule has 1 saturated heterocycles. The molecule has 0 radical (unpaired) electrons. The van der Waals surface area contributed by atoms with Crippen LogP contribution in [0.15, 0.2) is 18.2 Å². The molecular formula is C28H39F9N4O7. The summed E-state index contributed by atoms with van der Waals surface area (Å²) < 4.78 is 95.2. The number of carbonyl (C=O) groups excluding carboxylic acids is 1. The lowest BCUT2D eigenvalue weighted by atomic mass is 9.97. The van der Waals surface area contributed by atoms with Crippen molar-refractivity contribution in [1.82, 2.24) is 20.0 Å². The number of nitrogens with zero attached hydrogens (tertiary/aromatic N) is 3. The second-order valence-corrected chi connectivity index (χ2v) is 10.7. The molecule has 1 aromatic rings. The van der Waals surface area contributed by atoms with Gasteiger partial charge in [-0.1, -0.05) is 12.1 Å². The standard InChI is InChI=1S/C22H36N4O.3C2HF3O2/c1-24(2)12-13-26-16-14-25(15-17-26)11-3-4-22(27)21-6-5-19-7-9-23-10-8-20(19)18-21;3*3-2(4,5)1(6)7/h5-6,18,23H,3-4,7-17H2,1-2H3;3*(H,6,7). The Balaban J connectivity index is 0.000000855. The van der Waals surface area contributed by atoms with Crippen molar-refractivity contribution in [3.63, 3.8) is 0 Å². The van der Waals surface area contributed by atoms with Gasteiger partial charge in [-0.2, -0.15) is 39.5 Å². The fourth-order valence-electron chi connectivity index (χ4n) is 4.03. The van der Waals surface area contributed by atoms with Crippen molar-refractivity contribution >= 4 is 23.7 Å². The second-order valence-electron chi connectivity index (χ2n) is 10.7. The molecule has 0 amide bonds. The van der Waals surface area contributed by atoms with Gasteiger partial charge in [0.15, 0.2) is 5.78 Å². The van der Waals surface area contributed by atoms with Crippen LogP contribution >= 0.6 is 0 Å². The van der Waals surface area contributed by atoms with E-state index in [-0.39, 0.29) is 0 Å². The summed E-state index contributed by atoms with van der Waals surface area (Å²) in [5, 5.41) is 24.8. The third-order valence-electron chi connectivity index (χ3n) is 6.60. The number of fused-ring (bicyclic) bond motifs is 1. The van der Waals surface area contributed by atoms with Gasteiger partial charge in [0.2, 0.25) is 0 Å². The van der Waals surface area contributed by atoms with Crippen molar-refractivity contribution in [1.29, 1.82) is 0 Å². The van der Waals surface area contributed by atoms with Crippen LogP contribution in [0.1, 0.15) is 34.3 Å². The molecule has 276 valence electrons. The third kappa shape index (κ3) is 20.0. The predicted octanol–water partition coefficient (Wildman–Crippen LogP) is 3.42. The molecule has 0 aliphatic carbocycles. The number of carboxylic acid groups (broad SMARTS) is 3. The van der Waals surface area contributed by atoms with Crippen LogP contribution in [0.3, 0.4) is 0 Å². The molecule has 0 unspecified atom stereocenters. The fourth-order valence-corrected chi connectivity index (χ4v) is 4.03. The molecule has 0 aromatic heterocycles. The number of benzene rings is 1. The maximum absolute atomic E-state index is 12.6. The largest absolute Gasteiger partial charge is 0.490 e. The number of carbonyl (C=O) groups is 4. The molecule has 48 heavy (non-hydrogen) atoms. The summed E-state index contributed by atoms with van der Waals surface area (Å²) in [5.41, 5.74) is 3.67. The predicted molar refractivity (Wildman–Crippen MR) is 153 cm³/mol. The van der Waals surface area contributed by atoms with E-state index in [2.05, 4.69) is 46.2 Å². The Morgan fingerprint density at radius 3 is 1.50 bits per heavy atom. The molecule has 1 fully saturated rings.